The minimum atomic E-state index is -3.43. The molecule has 0 saturated heterocycles. The zero-order valence-electron chi connectivity index (χ0n) is 9.44. The molecule has 4 nitrogen and oxygen atoms in total. The molecule has 0 aliphatic carbocycles. The van der Waals surface area contributed by atoms with Crippen molar-refractivity contribution in [2.75, 3.05) is 18.4 Å². The van der Waals surface area contributed by atoms with Gasteiger partial charge < -0.3 is 0 Å². The third kappa shape index (κ3) is 4.01. The lowest BCUT2D eigenvalue weighted by molar-refractivity contribution is 0.428. The van der Waals surface area contributed by atoms with Gasteiger partial charge in [-0.15, -0.1) is 0 Å². The van der Waals surface area contributed by atoms with Gasteiger partial charge in [-0.25, -0.2) is 8.42 Å². The van der Waals surface area contributed by atoms with Gasteiger partial charge in [0.25, 0.3) is 0 Å². The number of halogens is 2. The van der Waals surface area contributed by atoms with E-state index in [1.165, 1.54) is 10.5 Å². The molecule has 0 bridgehead atoms. The van der Waals surface area contributed by atoms with Crippen molar-refractivity contribution in [3.63, 3.8) is 0 Å². The number of pyridine rings is 1. The summed E-state index contributed by atoms with van der Waals surface area (Å²) in [6, 6.07) is 1.57. The summed E-state index contributed by atoms with van der Waals surface area (Å²) in [6.45, 7) is 2.80. The Morgan fingerprint density at radius 2 is 2.12 bits per heavy atom. The van der Waals surface area contributed by atoms with Gasteiger partial charge in [-0.05, 0) is 28.4 Å². The molecule has 0 amide bonds. The Hall–Kier alpha value is 0.0200. The van der Waals surface area contributed by atoms with Crippen LogP contribution in [0.1, 0.15) is 13.3 Å². The van der Waals surface area contributed by atoms with Crippen molar-refractivity contribution in [2.24, 2.45) is 0 Å². The minimum absolute atomic E-state index is 0.225. The highest BCUT2D eigenvalue weighted by atomic mass is 79.9. The first kappa shape index (κ1) is 15.1. The molecule has 0 fully saturated rings. The van der Waals surface area contributed by atoms with Crippen molar-refractivity contribution in [1.82, 2.24) is 9.29 Å². The van der Waals surface area contributed by atoms with Crippen LogP contribution in [0.5, 0.6) is 0 Å². The highest BCUT2D eigenvalue weighted by Crippen LogP contribution is 2.18. The van der Waals surface area contributed by atoms with Crippen LogP contribution in [-0.4, -0.2) is 36.1 Å². The van der Waals surface area contributed by atoms with Crippen LogP contribution in [0, 0.1) is 0 Å². The fraction of sp³-hybridized carbons (Fsp3) is 0.500. The fourth-order valence-electron chi connectivity index (χ4n) is 1.37. The van der Waals surface area contributed by atoms with Crippen molar-refractivity contribution in [2.45, 2.75) is 18.2 Å². The van der Waals surface area contributed by atoms with Crippen molar-refractivity contribution in [1.29, 1.82) is 0 Å². The quantitative estimate of drug-likeness (QED) is 0.707. The molecule has 0 unspecified atom stereocenters. The van der Waals surface area contributed by atoms with Gasteiger partial charge in [0.15, 0.2) is 0 Å². The van der Waals surface area contributed by atoms with E-state index in [1.807, 2.05) is 6.92 Å². The Balaban J connectivity index is 3.00. The monoisotopic (exact) mass is 384 g/mol. The van der Waals surface area contributed by atoms with Gasteiger partial charge in [0, 0.05) is 35.3 Å². The second-order valence-electron chi connectivity index (χ2n) is 3.38. The standard InChI is InChI=1S/C10H14Br2N2O2S/c1-2-14(5-3-4-11)17(15,16)10-6-9(12)7-13-8-10/h6-8H,2-5H2,1H3. The minimum Gasteiger partial charge on any atom is -0.262 e. The van der Waals surface area contributed by atoms with E-state index in [-0.39, 0.29) is 4.90 Å². The summed E-state index contributed by atoms with van der Waals surface area (Å²) in [7, 11) is -3.43. The van der Waals surface area contributed by atoms with E-state index >= 15 is 0 Å². The molecule has 7 heteroatoms. The predicted molar refractivity (Wildman–Crippen MR) is 74.8 cm³/mol. The Bertz CT molecular complexity index is 465. The predicted octanol–water partition coefficient (Wildman–Crippen LogP) is 2.64. The van der Waals surface area contributed by atoms with Crippen molar-refractivity contribution in [3.8, 4) is 0 Å². The van der Waals surface area contributed by atoms with Crippen LogP contribution in [0.3, 0.4) is 0 Å². The molecule has 1 aromatic heterocycles. The zero-order chi connectivity index (χ0) is 12.9. The largest absolute Gasteiger partial charge is 0.262 e. The van der Waals surface area contributed by atoms with Gasteiger partial charge in [0.2, 0.25) is 10.0 Å². The Kier molecular flexibility index (Phi) is 6.05. The highest BCUT2D eigenvalue weighted by molar-refractivity contribution is 9.10. The maximum Gasteiger partial charge on any atom is 0.244 e. The first-order valence-corrected chi connectivity index (χ1v) is 8.54. The molecule has 1 rings (SSSR count). The van der Waals surface area contributed by atoms with E-state index in [0.29, 0.717) is 17.6 Å². The number of hydrogen-bond acceptors (Lipinski definition) is 3. The van der Waals surface area contributed by atoms with Gasteiger partial charge in [-0.1, -0.05) is 22.9 Å². The average Bonchev–Trinajstić information content (AvgIpc) is 2.30. The molecule has 0 aliphatic rings. The summed E-state index contributed by atoms with van der Waals surface area (Å²) < 4.78 is 26.7. The lowest BCUT2D eigenvalue weighted by Gasteiger charge is -2.19. The summed E-state index contributed by atoms with van der Waals surface area (Å²) in [6.07, 6.45) is 3.72. The molecule has 17 heavy (non-hydrogen) atoms. The summed E-state index contributed by atoms with van der Waals surface area (Å²) in [5.74, 6) is 0. The third-order valence-corrected chi connectivity index (χ3v) is 5.15. The zero-order valence-corrected chi connectivity index (χ0v) is 13.4. The van der Waals surface area contributed by atoms with Gasteiger partial charge in [0.05, 0.1) is 0 Å². The van der Waals surface area contributed by atoms with Crippen molar-refractivity contribution >= 4 is 41.9 Å². The molecule has 0 radical (unpaired) electrons. The number of nitrogens with zero attached hydrogens (tertiary/aromatic N) is 2. The van der Waals surface area contributed by atoms with E-state index in [9.17, 15) is 8.42 Å². The van der Waals surface area contributed by atoms with E-state index < -0.39 is 10.0 Å². The molecule has 1 aromatic rings. The first-order chi connectivity index (χ1) is 8.02. The molecule has 1 heterocycles. The molecule has 0 aliphatic heterocycles. The number of rotatable bonds is 6. The van der Waals surface area contributed by atoms with Crippen LogP contribution >= 0.6 is 31.9 Å². The number of sulfonamides is 1. The van der Waals surface area contributed by atoms with E-state index in [1.54, 1.807) is 12.3 Å². The highest BCUT2D eigenvalue weighted by Gasteiger charge is 2.22. The van der Waals surface area contributed by atoms with Gasteiger partial charge in [-0.3, -0.25) is 4.98 Å². The summed E-state index contributed by atoms with van der Waals surface area (Å²) in [4.78, 5) is 4.11. The van der Waals surface area contributed by atoms with Crippen LogP contribution in [0.25, 0.3) is 0 Å². The molecule has 0 saturated carbocycles. The summed E-state index contributed by atoms with van der Waals surface area (Å²) in [5, 5.41) is 0.787. The Morgan fingerprint density at radius 3 is 2.65 bits per heavy atom. The van der Waals surface area contributed by atoms with E-state index in [0.717, 1.165) is 11.8 Å². The van der Waals surface area contributed by atoms with Crippen LogP contribution in [0.2, 0.25) is 0 Å². The number of hydrogen-bond donors (Lipinski definition) is 0. The lowest BCUT2D eigenvalue weighted by atomic mass is 10.5. The Labute approximate surface area is 119 Å². The lowest BCUT2D eigenvalue weighted by Crippen LogP contribution is -2.32. The molecule has 0 spiro atoms. The summed E-state index contributed by atoms with van der Waals surface area (Å²) in [5.41, 5.74) is 0. The number of alkyl halides is 1. The SMILES string of the molecule is CCN(CCCBr)S(=O)(=O)c1cncc(Br)c1. The van der Waals surface area contributed by atoms with Crippen LogP contribution < -0.4 is 0 Å². The number of aromatic nitrogens is 1. The first-order valence-electron chi connectivity index (χ1n) is 5.19. The van der Waals surface area contributed by atoms with Gasteiger partial charge in [-0.2, -0.15) is 4.31 Å². The average molecular weight is 386 g/mol. The molecular formula is C10H14Br2N2O2S. The van der Waals surface area contributed by atoms with Crippen LogP contribution in [0.15, 0.2) is 27.8 Å². The molecular weight excluding hydrogens is 372 g/mol. The third-order valence-electron chi connectivity index (χ3n) is 2.21. The maximum absolute atomic E-state index is 12.3. The molecule has 0 aromatic carbocycles. The fourth-order valence-corrected chi connectivity index (χ4v) is 3.61. The van der Waals surface area contributed by atoms with Gasteiger partial charge in [0.1, 0.15) is 4.90 Å². The molecule has 0 N–H and O–H groups in total. The van der Waals surface area contributed by atoms with Gasteiger partial charge >= 0.3 is 0 Å². The Morgan fingerprint density at radius 1 is 1.41 bits per heavy atom. The van der Waals surface area contributed by atoms with Crippen LogP contribution in [-0.2, 0) is 10.0 Å². The second-order valence-corrected chi connectivity index (χ2v) is 7.02. The molecule has 0 atom stereocenters. The summed E-state index contributed by atoms with van der Waals surface area (Å²) >= 11 is 6.53. The maximum atomic E-state index is 12.3. The van der Waals surface area contributed by atoms with Crippen molar-refractivity contribution in [3.05, 3.63) is 22.9 Å². The van der Waals surface area contributed by atoms with E-state index in [2.05, 4.69) is 36.8 Å². The van der Waals surface area contributed by atoms with Crippen molar-refractivity contribution < 1.29 is 8.42 Å². The molecule has 96 valence electrons. The normalized spacial score (nSPS) is 12.0. The van der Waals surface area contributed by atoms with Crippen LogP contribution in [0.4, 0.5) is 0 Å². The second kappa shape index (κ2) is 6.82. The van der Waals surface area contributed by atoms with E-state index in [4.69, 9.17) is 0 Å². The topological polar surface area (TPSA) is 50.3 Å². The smallest absolute Gasteiger partial charge is 0.244 e.